The van der Waals surface area contributed by atoms with E-state index in [1.807, 2.05) is 38.4 Å². The van der Waals surface area contributed by atoms with Gasteiger partial charge in [-0.05, 0) is 20.2 Å². The average Bonchev–Trinajstić information content (AvgIpc) is 2.65. The minimum atomic E-state index is -6.00. The Morgan fingerprint density at radius 3 is 2.14 bits per heavy atom. The molecule has 1 heterocycles. The van der Waals surface area contributed by atoms with Crippen molar-refractivity contribution in [2.75, 3.05) is 28.2 Å². The van der Waals surface area contributed by atoms with Gasteiger partial charge in [-0.2, -0.15) is 4.74 Å². The molecule has 0 saturated heterocycles. The molecule has 0 spiro atoms. The van der Waals surface area contributed by atoms with Crippen LogP contribution >= 0.6 is 10.5 Å². The molecule has 0 fully saturated rings. The zero-order chi connectivity index (χ0) is 17.1. The minimum Gasteiger partial charge on any atom is -0.618 e. The molecule has 0 aliphatic carbocycles. The van der Waals surface area contributed by atoms with Gasteiger partial charge in [0.05, 0.1) is 19.0 Å². The summed E-state index contributed by atoms with van der Waals surface area (Å²) in [6.45, 7) is 0. The molecule has 4 nitrogen and oxygen atoms in total. The normalized spacial score (nSPS) is 17.8. The van der Waals surface area contributed by atoms with Gasteiger partial charge in [-0.3, -0.25) is 4.90 Å². The summed E-state index contributed by atoms with van der Waals surface area (Å²) in [5.41, 5.74) is 2.55. The van der Waals surface area contributed by atoms with Gasteiger partial charge in [-0.25, -0.2) is 4.90 Å². The predicted molar refractivity (Wildman–Crippen MR) is 83.3 cm³/mol. The maximum absolute atomic E-state index is 11.9. The van der Waals surface area contributed by atoms with E-state index in [4.69, 9.17) is 0 Å². The van der Waals surface area contributed by atoms with Gasteiger partial charge in [0.25, 0.3) is 0 Å². The molecule has 0 saturated carbocycles. The molecule has 124 valence electrons. The van der Waals surface area contributed by atoms with Gasteiger partial charge in [-0.1, -0.05) is 12.1 Å². The van der Waals surface area contributed by atoms with Crippen LogP contribution < -0.4 is 4.90 Å². The van der Waals surface area contributed by atoms with Gasteiger partial charge in [0.2, 0.25) is 16.3 Å². The molecule has 1 aliphatic heterocycles. The first-order valence-corrected chi connectivity index (χ1v) is 7.66. The van der Waals surface area contributed by atoms with Crippen molar-refractivity contribution in [3.05, 3.63) is 29.5 Å². The van der Waals surface area contributed by atoms with Crippen LogP contribution in [0.4, 0.5) is 23.0 Å². The molecule has 1 unspecified atom stereocenters. The van der Waals surface area contributed by atoms with Crippen LogP contribution in [-0.4, -0.2) is 55.7 Å². The number of hydrogen-bond donors (Lipinski definition) is 1. The molecular weight excluding hydrogens is 321 g/mol. The lowest BCUT2D eigenvalue weighted by molar-refractivity contribution is -0.761. The first-order chi connectivity index (χ1) is 10.0. The second-order valence-electron chi connectivity index (χ2n) is 4.93. The summed E-state index contributed by atoms with van der Waals surface area (Å²) in [6, 6.07) is 7.82. The molecule has 2 rings (SSSR count). The van der Waals surface area contributed by atoms with Gasteiger partial charge in [0.1, 0.15) is 0 Å². The third-order valence-electron chi connectivity index (χ3n) is 2.58. The number of nitrogens with one attached hydrogen (secondary N) is 1. The monoisotopic (exact) mass is 339 g/mol. The van der Waals surface area contributed by atoms with E-state index in [0.29, 0.717) is 0 Å². The van der Waals surface area contributed by atoms with Crippen molar-refractivity contribution in [2.24, 2.45) is 0 Å². The third kappa shape index (κ3) is 5.11. The van der Waals surface area contributed by atoms with E-state index in [-0.39, 0.29) is 10.5 Å². The quantitative estimate of drug-likeness (QED) is 0.256. The molecule has 1 N–H and O–H groups in total. The number of quaternary nitrogens is 1. The lowest BCUT2D eigenvalue weighted by Gasteiger charge is -2.18. The van der Waals surface area contributed by atoms with Gasteiger partial charge in [0, 0.05) is 16.6 Å². The van der Waals surface area contributed by atoms with Crippen molar-refractivity contribution in [1.29, 1.82) is 0 Å². The molecule has 10 heteroatoms. The summed E-state index contributed by atoms with van der Waals surface area (Å²) in [5, 5.41) is 13.1. The summed E-state index contributed by atoms with van der Waals surface area (Å²) in [4.78, 5) is 4.47. The summed E-state index contributed by atoms with van der Waals surface area (Å²) >= 11 is 0. The molecule has 1 aromatic carbocycles. The number of para-hydroxylation sites is 1. The fourth-order valence-corrected chi connectivity index (χ4v) is 4.22. The molecule has 1 aromatic rings. The summed E-state index contributed by atoms with van der Waals surface area (Å²) in [6.07, 6.45) is 0. The van der Waals surface area contributed by atoms with Crippen molar-refractivity contribution in [3.8, 4) is 0 Å². The Morgan fingerprint density at radius 2 is 1.68 bits per heavy atom. The lowest BCUT2D eigenvalue weighted by atomic mass is 10.3. The van der Waals surface area contributed by atoms with Gasteiger partial charge < -0.3 is 22.5 Å². The summed E-state index contributed by atoms with van der Waals surface area (Å²) in [5.74, 6) is 0. The van der Waals surface area contributed by atoms with Crippen LogP contribution in [-0.2, 0) is 0 Å². The number of nitrogens with zero attached hydrogens (tertiary/aromatic N) is 2. The Hall–Kier alpha value is -1.39. The van der Waals surface area contributed by atoms with Crippen LogP contribution in [0.15, 0.2) is 29.2 Å². The number of hydrogen-bond acceptors (Lipinski definition) is 1. The topological polar surface area (TPSA) is 33.8 Å². The number of halogens is 4. The van der Waals surface area contributed by atoms with Crippen molar-refractivity contribution >= 4 is 34.1 Å². The standard InChI is InChI=1S/C12H17N3OS.BF4/c1-13(2)12(14(3)4)17-9-15(16)10-7-5-6-8-11(10)17;2-1(3,4)5/h5-9H,1-4H3;/q;-1/p+1. The molecule has 1 aliphatic rings. The maximum Gasteiger partial charge on any atom is 0.673 e. The van der Waals surface area contributed by atoms with Crippen molar-refractivity contribution in [2.45, 2.75) is 4.90 Å². The Kier molecular flexibility index (Phi) is 6.15. The van der Waals surface area contributed by atoms with Crippen molar-refractivity contribution in [3.63, 3.8) is 0 Å². The van der Waals surface area contributed by atoms with Crippen LogP contribution in [0.25, 0.3) is 0 Å². The maximum atomic E-state index is 11.9. The van der Waals surface area contributed by atoms with E-state index in [2.05, 4.69) is 19.0 Å². The van der Waals surface area contributed by atoms with E-state index in [1.54, 1.807) is 5.55 Å². The fraction of sp³-hybridized carbons (Fsp3) is 0.333. The minimum absolute atomic E-state index is 0.236. The van der Waals surface area contributed by atoms with Crippen LogP contribution in [0.3, 0.4) is 0 Å². The fourth-order valence-electron chi connectivity index (χ4n) is 2.05. The molecule has 0 radical (unpaired) electrons. The highest BCUT2D eigenvalue weighted by Gasteiger charge is 2.28. The van der Waals surface area contributed by atoms with Crippen LogP contribution in [0.5, 0.6) is 0 Å². The Labute approximate surface area is 129 Å². The largest absolute Gasteiger partial charge is 0.673 e. The SMILES string of the molecule is CN(C)C([NH+](C)C)=S1C=[N+]([O-])c2ccccc21.F[B-](F)(F)F. The van der Waals surface area contributed by atoms with Gasteiger partial charge >= 0.3 is 7.25 Å². The van der Waals surface area contributed by atoms with E-state index >= 15 is 0 Å². The highest BCUT2D eigenvalue weighted by atomic mass is 32.2. The third-order valence-corrected chi connectivity index (χ3v) is 4.99. The van der Waals surface area contributed by atoms with Crippen molar-refractivity contribution < 1.29 is 26.9 Å². The summed E-state index contributed by atoms with van der Waals surface area (Å²) < 4.78 is 40.0. The Balaban J connectivity index is 0.000000422. The lowest BCUT2D eigenvalue weighted by Crippen LogP contribution is -3.10. The molecule has 0 aromatic heterocycles. The molecular formula is C12H18BF4N3OS. The molecule has 0 amide bonds. The second kappa shape index (κ2) is 7.25. The molecule has 1 atom stereocenters. The van der Waals surface area contributed by atoms with Gasteiger partial charge in [0.15, 0.2) is 0 Å². The van der Waals surface area contributed by atoms with E-state index in [0.717, 1.165) is 15.3 Å². The van der Waals surface area contributed by atoms with Crippen LogP contribution in [0.1, 0.15) is 0 Å². The number of benzene rings is 1. The zero-order valence-corrected chi connectivity index (χ0v) is 13.5. The number of fused-ring (bicyclic) bond motifs is 1. The van der Waals surface area contributed by atoms with Crippen molar-refractivity contribution in [1.82, 2.24) is 4.90 Å². The second-order valence-corrected chi connectivity index (χ2v) is 6.64. The highest BCUT2D eigenvalue weighted by Crippen LogP contribution is 2.38. The smallest absolute Gasteiger partial charge is 0.618 e. The average molecular weight is 339 g/mol. The predicted octanol–water partition coefficient (Wildman–Crippen LogP) is 1.59. The van der Waals surface area contributed by atoms with Crippen LogP contribution in [0.2, 0.25) is 0 Å². The first kappa shape index (κ1) is 18.7. The highest BCUT2D eigenvalue weighted by molar-refractivity contribution is 8.27. The first-order valence-electron chi connectivity index (χ1n) is 6.38. The number of rotatable bonds is 0. The Bertz CT molecular complexity index is 586. The van der Waals surface area contributed by atoms with Crippen LogP contribution in [0, 0.1) is 5.21 Å². The zero-order valence-electron chi connectivity index (χ0n) is 12.7. The van der Waals surface area contributed by atoms with E-state index in [9.17, 15) is 22.5 Å². The molecule has 22 heavy (non-hydrogen) atoms. The summed E-state index contributed by atoms with van der Waals surface area (Å²) in [7, 11) is 2.00. The molecule has 0 bridgehead atoms. The Morgan fingerprint density at radius 1 is 1.18 bits per heavy atom. The van der Waals surface area contributed by atoms with Gasteiger partial charge in [-0.15, -0.1) is 0 Å². The van der Waals surface area contributed by atoms with E-state index in [1.165, 1.54) is 10.0 Å². The van der Waals surface area contributed by atoms with E-state index < -0.39 is 7.25 Å².